The van der Waals surface area contributed by atoms with E-state index in [0.29, 0.717) is 6.04 Å². The Morgan fingerprint density at radius 2 is 2.29 bits per heavy atom. The SMILES string of the molecule is CN(Cc1ccc(Br)c(Cl)c1)C1CCNC1.Cl. The number of nitrogens with one attached hydrogen (secondary N) is 1. The summed E-state index contributed by atoms with van der Waals surface area (Å²) in [6.07, 6.45) is 1.24. The maximum Gasteiger partial charge on any atom is 0.0551 e. The first-order valence-corrected chi connectivity index (χ1v) is 6.69. The number of benzene rings is 1. The van der Waals surface area contributed by atoms with Gasteiger partial charge in [-0.15, -0.1) is 12.4 Å². The Morgan fingerprint density at radius 3 is 2.88 bits per heavy atom. The molecule has 0 bridgehead atoms. The van der Waals surface area contributed by atoms with Crippen molar-refractivity contribution in [1.29, 1.82) is 0 Å². The van der Waals surface area contributed by atoms with Crippen molar-refractivity contribution in [2.45, 2.75) is 19.0 Å². The van der Waals surface area contributed by atoms with Crippen LogP contribution < -0.4 is 5.32 Å². The van der Waals surface area contributed by atoms with E-state index in [1.54, 1.807) is 0 Å². The number of rotatable bonds is 3. The van der Waals surface area contributed by atoms with Gasteiger partial charge in [-0.3, -0.25) is 4.90 Å². The molecule has 0 aromatic heterocycles. The third-order valence-electron chi connectivity index (χ3n) is 3.07. The molecule has 2 nitrogen and oxygen atoms in total. The molecule has 96 valence electrons. The molecule has 1 fully saturated rings. The largest absolute Gasteiger partial charge is 0.315 e. The average molecular weight is 340 g/mol. The second-order valence-electron chi connectivity index (χ2n) is 4.31. The minimum absolute atomic E-state index is 0. The number of hydrogen-bond acceptors (Lipinski definition) is 2. The zero-order valence-electron chi connectivity index (χ0n) is 9.75. The molecule has 1 aromatic rings. The van der Waals surface area contributed by atoms with Gasteiger partial charge in [0.15, 0.2) is 0 Å². The lowest BCUT2D eigenvalue weighted by Gasteiger charge is -2.23. The zero-order valence-corrected chi connectivity index (χ0v) is 12.9. The maximum absolute atomic E-state index is 6.08. The van der Waals surface area contributed by atoms with Crippen molar-refractivity contribution in [3.8, 4) is 0 Å². The predicted molar refractivity (Wildman–Crippen MR) is 79.1 cm³/mol. The highest BCUT2D eigenvalue weighted by molar-refractivity contribution is 9.10. The van der Waals surface area contributed by atoms with Gasteiger partial charge in [0.1, 0.15) is 0 Å². The van der Waals surface area contributed by atoms with Crippen LogP contribution in [0.25, 0.3) is 0 Å². The summed E-state index contributed by atoms with van der Waals surface area (Å²) < 4.78 is 0.961. The molecule has 1 atom stereocenters. The molecule has 2 rings (SSSR count). The van der Waals surface area contributed by atoms with E-state index in [9.17, 15) is 0 Å². The molecule has 1 heterocycles. The lowest BCUT2D eigenvalue weighted by atomic mass is 10.1. The highest BCUT2D eigenvalue weighted by Gasteiger charge is 2.18. The Balaban J connectivity index is 0.00000144. The van der Waals surface area contributed by atoms with Crippen LogP contribution in [0.4, 0.5) is 0 Å². The van der Waals surface area contributed by atoms with Gasteiger partial charge in [-0.25, -0.2) is 0 Å². The van der Waals surface area contributed by atoms with Crippen molar-refractivity contribution >= 4 is 39.9 Å². The second-order valence-corrected chi connectivity index (χ2v) is 5.57. The van der Waals surface area contributed by atoms with Crippen molar-refractivity contribution in [3.05, 3.63) is 33.3 Å². The van der Waals surface area contributed by atoms with Crippen molar-refractivity contribution in [2.24, 2.45) is 0 Å². The highest BCUT2D eigenvalue weighted by atomic mass is 79.9. The number of halogens is 3. The van der Waals surface area contributed by atoms with E-state index in [2.05, 4.69) is 39.3 Å². The van der Waals surface area contributed by atoms with Gasteiger partial charge in [0, 0.05) is 23.6 Å². The van der Waals surface area contributed by atoms with Crippen molar-refractivity contribution in [1.82, 2.24) is 10.2 Å². The Labute approximate surface area is 122 Å². The number of hydrogen-bond donors (Lipinski definition) is 1. The van der Waals surface area contributed by atoms with Gasteiger partial charge < -0.3 is 5.32 Å². The molecule has 0 saturated carbocycles. The summed E-state index contributed by atoms with van der Waals surface area (Å²) in [5, 5.41) is 4.17. The molecule has 17 heavy (non-hydrogen) atoms. The van der Waals surface area contributed by atoms with Crippen LogP contribution in [-0.4, -0.2) is 31.1 Å². The monoisotopic (exact) mass is 338 g/mol. The quantitative estimate of drug-likeness (QED) is 0.908. The molecule has 0 radical (unpaired) electrons. The Hall–Kier alpha value is 0.200. The van der Waals surface area contributed by atoms with Crippen LogP contribution in [0.3, 0.4) is 0 Å². The van der Waals surface area contributed by atoms with E-state index >= 15 is 0 Å². The summed E-state index contributed by atoms with van der Waals surface area (Å²) in [6, 6.07) is 6.82. The molecule has 5 heteroatoms. The summed E-state index contributed by atoms with van der Waals surface area (Å²) in [5.41, 5.74) is 1.27. The zero-order chi connectivity index (χ0) is 11.5. The first-order chi connectivity index (χ1) is 7.66. The molecule has 1 N–H and O–H groups in total. The Kier molecular flexibility index (Phi) is 6.24. The van der Waals surface area contributed by atoms with Gasteiger partial charge in [0.25, 0.3) is 0 Å². The van der Waals surface area contributed by atoms with Gasteiger partial charge >= 0.3 is 0 Å². The number of nitrogens with zero attached hydrogens (tertiary/aromatic N) is 1. The number of likely N-dealkylation sites (N-methyl/N-ethyl adjacent to an activating group) is 1. The van der Waals surface area contributed by atoms with Gasteiger partial charge in [-0.05, 0) is 53.6 Å². The smallest absolute Gasteiger partial charge is 0.0551 e. The van der Waals surface area contributed by atoms with Gasteiger partial charge in [0.2, 0.25) is 0 Å². The summed E-state index contributed by atoms with van der Waals surface area (Å²) in [5.74, 6) is 0. The third-order valence-corrected chi connectivity index (χ3v) is 4.31. The minimum atomic E-state index is 0. The van der Waals surface area contributed by atoms with Crippen molar-refractivity contribution in [2.75, 3.05) is 20.1 Å². The van der Waals surface area contributed by atoms with Crippen LogP contribution in [0.2, 0.25) is 5.02 Å². The van der Waals surface area contributed by atoms with Crippen LogP contribution in [0.15, 0.2) is 22.7 Å². The van der Waals surface area contributed by atoms with E-state index in [4.69, 9.17) is 11.6 Å². The lowest BCUT2D eigenvalue weighted by Crippen LogP contribution is -2.32. The Bertz CT molecular complexity index is 368. The van der Waals surface area contributed by atoms with Crippen LogP contribution >= 0.6 is 39.9 Å². The van der Waals surface area contributed by atoms with Gasteiger partial charge in [-0.2, -0.15) is 0 Å². The summed E-state index contributed by atoms with van der Waals surface area (Å²) in [7, 11) is 2.17. The molecule has 0 spiro atoms. The summed E-state index contributed by atoms with van der Waals surface area (Å²) >= 11 is 9.49. The van der Waals surface area contributed by atoms with E-state index in [1.807, 2.05) is 12.1 Å². The predicted octanol–water partition coefficient (Wildman–Crippen LogP) is 3.32. The van der Waals surface area contributed by atoms with Crippen LogP contribution in [0, 0.1) is 0 Å². The normalized spacial score (nSPS) is 19.4. The molecular weight excluding hydrogens is 323 g/mol. The molecule has 1 unspecified atom stereocenters. The lowest BCUT2D eigenvalue weighted by molar-refractivity contribution is 0.249. The fraction of sp³-hybridized carbons (Fsp3) is 0.500. The first kappa shape index (κ1) is 15.3. The Morgan fingerprint density at radius 1 is 1.53 bits per heavy atom. The van der Waals surface area contributed by atoms with E-state index < -0.39 is 0 Å². The molecule has 1 saturated heterocycles. The van der Waals surface area contributed by atoms with Crippen molar-refractivity contribution < 1.29 is 0 Å². The highest BCUT2D eigenvalue weighted by Crippen LogP contribution is 2.24. The summed E-state index contributed by atoms with van der Waals surface area (Å²) in [4.78, 5) is 2.39. The van der Waals surface area contributed by atoms with Crippen LogP contribution in [0.5, 0.6) is 0 Å². The fourth-order valence-electron chi connectivity index (χ4n) is 2.07. The maximum atomic E-state index is 6.08. The standard InChI is InChI=1S/C12H16BrClN2.ClH/c1-16(10-4-5-15-7-10)8-9-2-3-11(13)12(14)6-9;/h2-3,6,10,15H,4-5,7-8H2,1H3;1H. The second kappa shape index (κ2) is 6.95. The van der Waals surface area contributed by atoms with E-state index in [-0.39, 0.29) is 12.4 Å². The molecular formula is C12H17BrCl2N2. The van der Waals surface area contributed by atoms with Crippen LogP contribution in [-0.2, 0) is 6.54 Å². The molecule has 0 amide bonds. The van der Waals surface area contributed by atoms with E-state index in [0.717, 1.165) is 29.1 Å². The molecule has 1 aliphatic rings. The fourth-order valence-corrected chi connectivity index (χ4v) is 2.52. The van der Waals surface area contributed by atoms with E-state index in [1.165, 1.54) is 12.0 Å². The first-order valence-electron chi connectivity index (χ1n) is 5.51. The molecule has 1 aromatic carbocycles. The topological polar surface area (TPSA) is 15.3 Å². The molecule has 1 aliphatic heterocycles. The van der Waals surface area contributed by atoms with Crippen molar-refractivity contribution in [3.63, 3.8) is 0 Å². The van der Waals surface area contributed by atoms with Gasteiger partial charge in [0.05, 0.1) is 5.02 Å². The third kappa shape index (κ3) is 4.11. The van der Waals surface area contributed by atoms with Crippen LogP contribution in [0.1, 0.15) is 12.0 Å². The van der Waals surface area contributed by atoms with Gasteiger partial charge in [-0.1, -0.05) is 17.7 Å². The average Bonchev–Trinajstić information content (AvgIpc) is 2.77. The summed E-state index contributed by atoms with van der Waals surface area (Å²) in [6.45, 7) is 3.19. The minimum Gasteiger partial charge on any atom is -0.315 e. The molecule has 0 aliphatic carbocycles.